The van der Waals surface area contributed by atoms with Gasteiger partial charge in [-0.15, -0.1) is 0 Å². The lowest BCUT2D eigenvalue weighted by atomic mass is 9.84. The molecule has 0 spiro atoms. The molecule has 1 atom stereocenters. The molecule has 258 valence electrons. The first kappa shape index (κ1) is 35.5. The predicted octanol–water partition coefficient (Wildman–Crippen LogP) is 12.4. The van der Waals surface area contributed by atoms with Gasteiger partial charge in [-0.3, -0.25) is 4.79 Å². The molecule has 0 saturated heterocycles. The average molecular weight is 707 g/mol. The monoisotopic (exact) mass is 706 g/mol. The molecule has 0 bridgehead atoms. The molecule has 0 heterocycles. The van der Waals surface area contributed by atoms with E-state index in [1.54, 1.807) is 0 Å². The maximum atomic E-state index is 14.5. The van der Waals surface area contributed by atoms with Gasteiger partial charge in [0.25, 0.3) is 8.38 Å². The molecule has 5 aromatic rings. The Hall–Kier alpha value is -4.37. The maximum absolute atomic E-state index is 14.5. The van der Waals surface area contributed by atoms with Crippen molar-refractivity contribution < 1.29 is 27.4 Å². The highest BCUT2D eigenvalue weighted by atomic mass is 31.2. The molecule has 0 fully saturated rings. The lowest BCUT2D eigenvalue weighted by Crippen LogP contribution is -2.18. The highest BCUT2D eigenvalue weighted by Crippen LogP contribution is 2.49. The van der Waals surface area contributed by atoms with Crippen LogP contribution in [-0.4, -0.2) is 12.4 Å². The summed E-state index contributed by atoms with van der Waals surface area (Å²) < 4.78 is 32.5. The second-order valence-corrected chi connectivity index (χ2v) is 15.5. The molecule has 50 heavy (non-hydrogen) atoms. The van der Waals surface area contributed by atoms with Crippen molar-refractivity contribution in [2.24, 2.45) is 0 Å². The largest absolute Gasteiger partial charge is 0.530 e. The summed E-state index contributed by atoms with van der Waals surface area (Å²) in [6.45, 7) is 14.7. The Labute approximate surface area is 298 Å². The van der Waals surface area contributed by atoms with Gasteiger partial charge < -0.3 is 22.6 Å². The highest BCUT2D eigenvalue weighted by Gasteiger charge is 2.33. The zero-order valence-electron chi connectivity index (χ0n) is 29.7. The standard InChI is InChI=1S/C42H44O6P2/c1-27(2)32-18-8-11-21-35(32)44-49(7)45-38-24-14-16-30-26-31-17-15-25-39(41(31)42(43)40(30)38)48-50(46-36-22-12-9-19-33(36)28(3)4)47-37-23-13-10-20-34(37)29(5)6/h8-25,27-29H,26H2,1-7H3. The van der Waals surface area contributed by atoms with Crippen molar-refractivity contribution in [2.45, 2.75) is 65.7 Å². The van der Waals surface area contributed by atoms with Crippen molar-refractivity contribution in [1.29, 1.82) is 0 Å². The molecule has 5 aromatic carbocycles. The van der Waals surface area contributed by atoms with Crippen LogP contribution < -0.4 is 22.6 Å². The van der Waals surface area contributed by atoms with Crippen molar-refractivity contribution in [1.82, 2.24) is 0 Å². The number of carbonyl (C=O) groups excluding carboxylic acids is 1. The third-order valence-corrected chi connectivity index (χ3v) is 10.6. The average Bonchev–Trinajstić information content (AvgIpc) is 3.08. The maximum Gasteiger partial charge on any atom is 0.530 e. The number of para-hydroxylation sites is 3. The van der Waals surface area contributed by atoms with Crippen LogP contribution in [-0.2, 0) is 6.42 Å². The highest BCUT2D eigenvalue weighted by molar-refractivity contribution is 7.47. The summed E-state index contributed by atoms with van der Waals surface area (Å²) in [5.74, 6) is 3.63. The normalized spacial score (nSPS) is 12.9. The van der Waals surface area contributed by atoms with Gasteiger partial charge in [0.15, 0.2) is 0 Å². The number of rotatable bonds is 13. The van der Waals surface area contributed by atoms with Crippen LogP contribution >= 0.6 is 17.0 Å². The molecule has 1 aliphatic carbocycles. The van der Waals surface area contributed by atoms with Gasteiger partial charge in [0.05, 0.1) is 11.1 Å². The van der Waals surface area contributed by atoms with E-state index >= 15 is 0 Å². The van der Waals surface area contributed by atoms with Crippen LogP contribution in [0.1, 0.15) is 103 Å². The zero-order valence-corrected chi connectivity index (χ0v) is 31.5. The van der Waals surface area contributed by atoms with Gasteiger partial charge in [-0.25, -0.2) is 0 Å². The fourth-order valence-corrected chi connectivity index (χ4v) is 8.15. The van der Waals surface area contributed by atoms with Gasteiger partial charge in [0.2, 0.25) is 5.78 Å². The van der Waals surface area contributed by atoms with Crippen LogP contribution in [0.4, 0.5) is 0 Å². The van der Waals surface area contributed by atoms with E-state index < -0.39 is 17.0 Å². The minimum Gasteiger partial charge on any atom is -0.438 e. The molecule has 0 radical (unpaired) electrons. The first-order chi connectivity index (χ1) is 24.1. The van der Waals surface area contributed by atoms with Gasteiger partial charge in [-0.1, -0.05) is 120 Å². The summed E-state index contributed by atoms with van der Waals surface area (Å²) in [5.41, 5.74) is 5.97. The van der Waals surface area contributed by atoms with Gasteiger partial charge in [-0.05, 0) is 82.3 Å². The van der Waals surface area contributed by atoms with E-state index in [-0.39, 0.29) is 17.6 Å². The minimum absolute atomic E-state index is 0.168. The smallest absolute Gasteiger partial charge is 0.438 e. The summed E-state index contributed by atoms with van der Waals surface area (Å²) >= 11 is 0. The van der Waals surface area contributed by atoms with Gasteiger partial charge in [0.1, 0.15) is 28.7 Å². The Morgan fingerprint density at radius 1 is 0.460 bits per heavy atom. The quantitative estimate of drug-likeness (QED) is 0.111. The van der Waals surface area contributed by atoms with Gasteiger partial charge in [0, 0.05) is 6.66 Å². The molecule has 1 unspecified atom stereocenters. The molecule has 0 N–H and O–H groups in total. The number of hydrogen-bond acceptors (Lipinski definition) is 6. The molecule has 6 nitrogen and oxygen atoms in total. The molecular weight excluding hydrogens is 662 g/mol. The van der Waals surface area contributed by atoms with Crippen molar-refractivity contribution in [3.05, 3.63) is 148 Å². The summed E-state index contributed by atoms with van der Waals surface area (Å²) in [6.07, 6.45) is 0.551. The summed E-state index contributed by atoms with van der Waals surface area (Å²) in [6, 6.07) is 35.3. The lowest BCUT2D eigenvalue weighted by Gasteiger charge is -2.26. The SMILES string of the molecule is CC(C)c1ccccc1OP(C)Oc1cccc2c1C(=O)c1c(cccc1OP(Oc1ccccc1C(C)C)Oc1ccccc1C(C)C)C2. The number of fused-ring (bicyclic) bond motifs is 2. The van der Waals surface area contributed by atoms with Crippen LogP contribution in [0.2, 0.25) is 0 Å². The van der Waals surface area contributed by atoms with Crippen LogP contribution in [0.5, 0.6) is 28.7 Å². The van der Waals surface area contributed by atoms with E-state index in [2.05, 4.69) is 59.7 Å². The molecular formula is C42H44O6P2. The third-order valence-electron chi connectivity index (χ3n) is 8.66. The fraction of sp³-hybridized carbons (Fsp3) is 0.262. The number of ketones is 1. The minimum atomic E-state index is -2.03. The molecule has 8 heteroatoms. The number of carbonyl (C=O) groups is 1. The molecule has 0 saturated carbocycles. The molecule has 0 aromatic heterocycles. The summed E-state index contributed by atoms with van der Waals surface area (Å²) in [7, 11) is -3.42. The van der Waals surface area contributed by atoms with E-state index in [0.29, 0.717) is 46.5 Å². The summed E-state index contributed by atoms with van der Waals surface area (Å²) in [4.78, 5) is 14.5. The lowest BCUT2D eigenvalue weighted by molar-refractivity contribution is 0.103. The Kier molecular flexibility index (Phi) is 11.1. The third kappa shape index (κ3) is 7.83. The second kappa shape index (κ2) is 15.7. The first-order valence-corrected chi connectivity index (χ1v) is 19.8. The summed E-state index contributed by atoms with van der Waals surface area (Å²) in [5, 5.41) is 0. The van der Waals surface area contributed by atoms with E-state index in [0.717, 1.165) is 33.6 Å². The van der Waals surface area contributed by atoms with Crippen molar-refractivity contribution in [2.75, 3.05) is 6.66 Å². The van der Waals surface area contributed by atoms with Gasteiger partial charge in [-0.2, -0.15) is 0 Å². The predicted molar refractivity (Wildman–Crippen MR) is 204 cm³/mol. The molecule has 0 aliphatic heterocycles. The van der Waals surface area contributed by atoms with E-state index in [4.69, 9.17) is 22.6 Å². The molecule has 1 aliphatic rings. The molecule has 0 amide bonds. The van der Waals surface area contributed by atoms with Crippen LogP contribution in [0.3, 0.4) is 0 Å². The van der Waals surface area contributed by atoms with Crippen molar-refractivity contribution in [3.63, 3.8) is 0 Å². The first-order valence-electron chi connectivity index (χ1n) is 17.1. The number of benzene rings is 5. The topological polar surface area (TPSA) is 63.2 Å². The number of hydrogen-bond donors (Lipinski definition) is 0. The van der Waals surface area contributed by atoms with E-state index in [9.17, 15) is 4.79 Å². The zero-order chi connectivity index (χ0) is 35.4. The second-order valence-electron chi connectivity index (χ2n) is 13.3. The van der Waals surface area contributed by atoms with Crippen LogP contribution in [0.15, 0.2) is 109 Å². The van der Waals surface area contributed by atoms with Gasteiger partial charge >= 0.3 is 8.60 Å². The Balaban J connectivity index is 1.33. The van der Waals surface area contributed by atoms with E-state index in [1.165, 1.54) is 0 Å². The Morgan fingerprint density at radius 2 is 0.800 bits per heavy atom. The van der Waals surface area contributed by atoms with Crippen LogP contribution in [0.25, 0.3) is 0 Å². The van der Waals surface area contributed by atoms with Crippen LogP contribution in [0, 0.1) is 0 Å². The Bertz CT molecular complexity index is 1920. The fourth-order valence-electron chi connectivity index (χ4n) is 6.16. The van der Waals surface area contributed by atoms with Crippen molar-refractivity contribution >= 4 is 22.8 Å². The van der Waals surface area contributed by atoms with E-state index in [1.807, 2.05) is 97.7 Å². The van der Waals surface area contributed by atoms with Crippen molar-refractivity contribution in [3.8, 4) is 28.7 Å². The molecule has 6 rings (SSSR count). The Morgan fingerprint density at radius 3 is 1.24 bits per heavy atom.